The van der Waals surface area contributed by atoms with E-state index in [4.69, 9.17) is 20.1 Å². The van der Waals surface area contributed by atoms with Gasteiger partial charge in [0, 0.05) is 18.4 Å². The second-order valence-electron chi connectivity index (χ2n) is 18.3. The number of rotatable bonds is 21. The first-order valence-electron chi connectivity index (χ1n) is 21.1. The molecule has 0 aromatic heterocycles. The summed E-state index contributed by atoms with van der Waals surface area (Å²) in [6.45, 7) is 16.2. The molecule has 0 spiro atoms. The van der Waals surface area contributed by atoms with E-state index in [9.17, 15) is 38.7 Å². The number of nitrogens with zero attached hydrogens (tertiary/aromatic N) is 1. The molecule has 0 unspecified atom stereocenters. The first-order valence-corrected chi connectivity index (χ1v) is 21.1. The second-order valence-corrected chi connectivity index (χ2v) is 18.3. The van der Waals surface area contributed by atoms with E-state index >= 15 is 0 Å². The molecule has 8 N–H and O–H groups in total. The Labute approximate surface area is 342 Å². The zero-order chi connectivity index (χ0) is 43.3. The van der Waals surface area contributed by atoms with Crippen molar-refractivity contribution in [1.82, 2.24) is 26.2 Å². The Hall–Kier alpha value is -3.77. The van der Waals surface area contributed by atoms with Gasteiger partial charge in [-0.25, -0.2) is 0 Å². The van der Waals surface area contributed by atoms with E-state index in [1.54, 1.807) is 27.7 Å². The van der Waals surface area contributed by atoms with Crippen molar-refractivity contribution in [3.8, 4) is 0 Å². The zero-order valence-electron chi connectivity index (χ0n) is 35.5. The molecule has 3 saturated carbocycles. The van der Waals surface area contributed by atoms with Crippen LogP contribution in [0.5, 0.6) is 0 Å². The Bertz CT molecular complexity index is 1550. The van der Waals surface area contributed by atoms with Crippen LogP contribution in [0.25, 0.3) is 0 Å². The Morgan fingerprint density at radius 1 is 0.845 bits per heavy atom. The average Bonchev–Trinajstić information content (AvgIpc) is 3.82. The van der Waals surface area contributed by atoms with Crippen LogP contribution < -0.4 is 27.0 Å². The standard InChI is InChI=1S/C40H67BN6O11/c1-9-10-11-14-28(41-57-27-18-23-20-40(8,33(27)58-41)39(23,6)7)44-36(54)26-13-12-17-47(26)38(56)32(22(4)5)46-37(55)31(21(2)3)45-35(53)25(15-16-29(48)49)43-34(52)24(42)19-30(50)51/h21-28,31-33H,9-20,42H2,1-8H3,(H,43,52)(H,44,54)(H,45,53)(H,46,55)(H,48,49)(H,50,51)/t23-,24+,25+,26+,27-,28+,31+,32+,33-,40-/m1/s1. The molecule has 0 radical (unpaired) electrons. The van der Waals surface area contributed by atoms with Crippen molar-refractivity contribution in [2.75, 3.05) is 6.54 Å². The van der Waals surface area contributed by atoms with Gasteiger partial charge in [-0.1, -0.05) is 74.7 Å². The van der Waals surface area contributed by atoms with Gasteiger partial charge in [0.05, 0.1) is 30.6 Å². The van der Waals surface area contributed by atoms with Crippen molar-refractivity contribution < 1.29 is 53.1 Å². The Kier molecular flexibility index (Phi) is 15.8. The van der Waals surface area contributed by atoms with Crippen LogP contribution in [0.1, 0.15) is 126 Å². The second kappa shape index (κ2) is 19.5. The first kappa shape index (κ1) is 46.9. The van der Waals surface area contributed by atoms with E-state index in [0.29, 0.717) is 31.7 Å². The lowest BCUT2D eigenvalue weighted by molar-refractivity contribution is -0.220. The van der Waals surface area contributed by atoms with E-state index in [2.05, 4.69) is 49.0 Å². The molecule has 0 aromatic carbocycles. The molecule has 2 saturated heterocycles. The van der Waals surface area contributed by atoms with Gasteiger partial charge in [0.2, 0.25) is 29.5 Å². The molecule has 326 valence electrons. The third kappa shape index (κ3) is 10.5. The topological polar surface area (TPSA) is 256 Å². The van der Waals surface area contributed by atoms with Gasteiger partial charge in [0.15, 0.2) is 0 Å². The highest BCUT2D eigenvalue weighted by Crippen LogP contribution is 2.69. The smallest absolute Gasteiger partial charge is 0.481 e. The van der Waals surface area contributed by atoms with Crippen LogP contribution in [-0.4, -0.2) is 119 Å². The Balaban J connectivity index is 1.44. The van der Waals surface area contributed by atoms with Crippen molar-refractivity contribution in [2.24, 2.45) is 34.3 Å². The van der Waals surface area contributed by atoms with Gasteiger partial charge in [0.25, 0.3) is 0 Å². The SMILES string of the molecule is CCCCC[C@H](NC(=O)[C@@H]1CCCN1C(=O)[C@@H](NC(=O)[C@@H](NC(=O)[C@H](CCC(=O)O)NC(=O)[C@@H](N)CC(=O)O)C(C)C)C(C)C)B1O[C@@H]2[C@@H](C[C@@H]3C[C@@]2(C)C3(C)C)O1. The van der Waals surface area contributed by atoms with Crippen LogP contribution in [0, 0.1) is 28.6 Å². The fourth-order valence-corrected chi connectivity index (χ4v) is 9.24. The summed E-state index contributed by atoms with van der Waals surface area (Å²) in [4.78, 5) is 92.2. The fraction of sp³-hybridized carbons (Fsp3) is 0.825. The summed E-state index contributed by atoms with van der Waals surface area (Å²) in [5, 5.41) is 29.1. The lowest BCUT2D eigenvalue weighted by Crippen LogP contribution is -2.66. The average molecular weight is 819 g/mol. The fourth-order valence-electron chi connectivity index (χ4n) is 9.24. The van der Waals surface area contributed by atoms with Crippen LogP contribution in [0.4, 0.5) is 0 Å². The Morgan fingerprint density at radius 3 is 2.09 bits per heavy atom. The molecule has 18 heteroatoms. The van der Waals surface area contributed by atoms with Crippen LogP contribution in [0.15, 0.2) is 0 Å². The number of amides is 5. The lowest BCUT2D eigenvalue weighted by atomic mass is 9.39. The molecule has 5 amide bonds. The number of carboxylic acids is 2. The summed E-state index contributed by atoms with van der Waals surface area (Å²) in [6, 6.07) is -6.00. The van der Waals surface area contributed by atoms with E-state index in [1.807, 2.05) is 0 Å². The van der Waals surface area contributed by atoms with Gasteiger partial charge in [-0.2, -0.15) is 0 Å². The molecule has 58 heavy (non-hydrogen) atoms. The van der Waals surface area contributed by atoms with Crippen LogP contribution in [0.3, 0.4) is 0 Å². The van der Waals surface area contributed by atoms with E-state index in [0.717, 1.165) is 32.1 Å². The van der Waals surface area contributed by atoms with Crippen molar-refractivity contribution in [3.05, 3.63) is 0 Å². The maximum atomic E-state index is 14.3. The van der Waals surface area contributed by atoms with Gasteiger partial charge in [0.1, 0.15) is 24.2 Å². The highest BCUT2D eigenvalue weighted by molar-refractivity contribution is 6.47. The maximum Gasteiger partial charge on any atom is 0.481 e. The molecule has 17 nitrogen and oxygen atoms in total. The minimum absolute atomic E-state index is 0.00883. The van der Waals surface area contributed by atoms with Crippen molar-refractivity contribution in [3.63, 3.8) is 0 Å². The summed E-state index contributed by atoms with van der Waals surface area (Å²) >= 11 is 0. The number of aliphatic carboxylic acids is 2. The van der Waals surface area contributed by atoms with Crippen LogP contribution >= 0.6 is 0 Å². The van der Waals surface area contributed by atoms with E-state index in [1.165, 1.54) is 4.90 Å². The molecule has 10 atom stereocenters. The van der Waals surface area contributed by atoms with Crippen molar-refractivity contribution in [1.29, 1.82) is 0 Å². The highest BCUT2D eigenvalue weighted by atomic mass is 16.7. The molecular formula is C40H67BN6O11. The number of likely N-dealkylation sites (tertiary alicyclic amines) is 1. The first-order chi connectivity index (χ1) is 27.1. The van der Waals surface area contributed by atoms with E-state index < -0.39 is 104 Å². The van der Waals surface area contributed by atoms with Crippen molar-refractivity contribution in [2.45, 2.75) is 174 Å². The number of nitrogens with one attached hydrogen (secondary N) is 4. The summed E-state index contributed by atoms with van der Waals surface area (Å²) in [6.07, 6.45) is 4.90. The molecule has 3 aliphatic carbocycles. The quantitative estimate of drug-likeness (QED) is 0.0646. The zero-order valence-corrected chi connectivity index (χ0v) is 35.5. The number of hydrogen-bond acceptors (Lipinski definition) is 10. The maximum absolute atomic E-state index is 14.3. The molecule has 0 aromatic rings. The van der Waals surface area contributed by atoms with Gasteiger partial charge < -0.3 is 51.4 Å². The lowest BCUT2D eigenvalue weighted by Gasteiger charge is -2.67. The normalized spacial score (nSPS) is 27.1. The number of carbonyl (C=O) groups is 7. The predicted octanol–water partition coefficient (Wildman–Crippen LogP) is 1.74. The monoisotopic (exact) mass is 818 g/mol. The molecule has 5 rings (SSSR count). The minimum atomic E-state index is -1.50. The molecule has 5 fully saturated rings. The third-order valence-electron chi connectivity index (χ3n) is 13.3. The number of unbranched alkanes of at least 4 members (excludes halogenated alkanes) is 2. The van der Waals surface area contributed by atoms with Gasteiger partial charge >= 0.3 is 19.1 Å². The molecule has 2 aliphatic heterocycles. The molecule has 2 bridgehead atoms. The number of carboxylic acid groups (broad SMARTS) is 2. The third-order valence-corrected chi connectivity index (χ3v) is 13.3. The van der Waals surface area contributed by atoms with Crippen LogP contribution in [0.2, 0.25) is 0 Å². The molecule has 2 heterocycles. The molecule has 5 aliphatic rings. The highest BCUT2D eigenvalue weighted by Gasteiger charge is 2.69. The van der Waals surface area contributed by atoms with Gasteiger partial charge in [-0.15, -0.1) is 0 Å². The minimum Gasteiger partial charge on any atom is -0.481 e. The van der Waals surface area contributed by atoms with Crippen molar-refractivity contribution >= 4 is 48.6 Å². The molecular weight excluding hydrogens is 751 g/mol. The number of carbonyl (C=O) groups excluding carboxylic acids is 5. The van der Waals surface area contributed by atoms with Gasteiger partial charge in [-0.05, 0) is 61.7 Å². The Morgan fingerprint density at radius 2 is 1.50 bits per heavy atom. The van der Waals surface area contributed by atoms with Gasteiger partial charge in [-0.3, -0.25) is 33.6 Å². The summed E-state index contributed by atoms with van der Waals surface area (Å²) in [5.74, 6) is -6.64. The van der Waals surface area contributed by atoms with Crippen LogP contribution in [-0.2, 0) is 42.9 Å². The number of hydrogen-bond donors (Lipinski definition) is 7. The largest absolute Gasteiger partial charge is 0.481 e. The van der Waals surface area contributed by atoms with E-state index in [-0.39, 0.29) is 35.4 Å². The summed E-state index contributed by atoms with van der Waals surface area (Å²) in [7, 11) is -0.599. The predicted molar refractivity (Wildman–Crippen MR) is 213 cm³/mol. The summed E-state index contributed by atoms with van der Waals surface area (Å²) in [5.41, 5.74) is 5.78. The summed E-state index contributed by atoms with van der Waals surface area (Å²) < 4.78 is 13.2. The number of nitrogens with two attached hydrogens (primary N) is 1.